The minimum absolute atomic E-state index is 0.0480. The third kappa shape index (κ3) is 3.59. The molecule has 8 heteroatoms. The summed E-state index contributed by atoms with van der Waals surface area (Å²) in [5.41, 5.74) is 1.18. The van der Waals surface area contributed by atoms with Crippen molar-refractivity contribution in [2.75, 3.05) is 27.8 Å². The minimum Gasteiger partial charge on any atom is -0.493 e. The van der Waals surface area contributed by atoms with E-state index in [1.807, 2.05) is 19.9 Å². The Balaban J connectivity index is 1.63. The number of likely N-dealkylation sites (N-methyl/N-ethyl adjacent to an activating group) is 1. The molecule has 2 heterocycles. The summed E-state index contributed by atoms with van der Waals surface area (Å²) in [6.45, 7) is 4.66. The third-order valence-electron chi connectivity index (χ3n) is 6.55. The smallest absolute Gasteiger partial charge is 0.493 e. The lowest BCUT2D eigenvalue weighted by Gasteiger charge is -2.40. The Morgan fingerprint density at radius 3 is 2.45 bits per heavy atom. The zero-order valence-electron chi connectivity index (χ0n) is 17.7. The van der Waals surface area contributed by atoms with Crippen molar-refractivity contribution < 1.29 is 27.6 Å². The van der Waals surface area contributed by atoms with Crippen molar-refractivity contribution in [1.82, 2.24) is 4.90 Å². The second-order valence-corrected chi connectivity index (χ2v) is 9.69. The van der Waals surface area contributed by atoms with Crippen LogP contribution < -0.4 is 9.47 Å². The van der Waals surface area contributed by atoms with Crippen LogP contribution >= 0.6 is 7.82 Å². The highest BCUT2D eigenvalue weighted by molar-refractivity contribution is 7.48. The summed E-state index contributed by atoms with van der Waals surface area (Å²) in [4.78, 5) is 2.32. The number of benzene rings is 1. The van der Waals surface area contributed by atoms with Gasteiger partial charge in [-0.15, -0.1) is 0 Å². The third-order valence-corrected chi connectivity index (χ3v) is 8.19. The molecule has 29 heavy (non-hydrogen) atoms. The van der Waals surface area contributed by atoms with Gasteiger partial charge < -0.3 is 14.0 Å². The van der Waals surface area contributed by atoms with Crippen LogP contribution in [-0.2, 0) is 23.6 Å². The molecule has 0 aromatic heterocycles. The van der Waals surface area contributed by atoms with Crippen LogP contribution in [0.3, 0.4) is 0 Å². The Morgan fingerprint density at radius 2 is 1.79 bits per heavy atom. The lowest BCUT2D eigenvalue weighted by Crippen LogP contribution is -2.42. The Morgan fingerprint density at radius 1 is 1.10 bits per heavy atom. The molecule has 3 aliphatic rings. The lowest BCUT2D eigenvalue weighted by atomic mass is 9.68. The van der Waals surface area contributed by atoms with Crippen LogP contribution in [0.5, 0.6) is 11.5 Å². The molecule has 1 aliphatic carbocycles. The van der Waals surface area contributed by atoms with Crippen molar-refractivity contribution in [2.45, 2.75) is 56.8 Å². The summed E-state index contributed by atoms with van der Waals surface area (Å²) in [5.74, 6) is 2.14. The number of phosphoric ester groups is 1. The molecule has 0 spiro atoms. The number of rotatable bonds is 5. The molecule has 4 rings (SSSR count). The van der Waals surface area contributed by atoms with Gasteiger partial charge in [-0.25, -0.2) is 4.57 Å². The first kappa shape index (κ1) is 20.7. The second-order valence-electron chi connectivity index (χ2n) is 8.19. The van der Waals surface area contributed by atoms with E-state index >= 15 is 0 Å². The van der Waals surface area contributed by atoms with Crippen LogP contribution in [0.15, 0.2) is 30.0 Å². The lowest BCUT2D eigenvalue weighted by molar-refractivity contribution is 0.187. The number of hydrogen-bond donors (Lipinski definition) is 0. The Bertz CT molecular complexity index is 844. The molecule has 4 atom stereocenters. The normalized spacial score (nSPS) is 37.1. The van der Waals surface area contributed by atoms with Gasteiger partial charge in [0, 0.05) is 17.9 Å². The zero-order chi connectivity index (χ0) is 20.8. The molecule has 7 nitrogen and oxygen atoms in total. The number of ether oxygens (including phenoxy) is 2. The average Bonchev–Trinajstić information content (AvgIpc) is 3.17. The van der Waals surface area contributed by atoms with Crippen molar-refractivity contribution in [3.63, 3.8) is 0 Å². The molecule has 2 unspecified atom stereocenters. The molecule has 2 aliphatic heterocycles. The van der Waals surface area contributed by atoms with Gasteiger partial charge in [-0.1, -0.05) is 6.07 Å². The van der Waals surface area contributed by atoms with Gasteiger partial charge in [0.25, 0.3) is 0 Å². The van der Waals surface area contributed by atoms with E-state index in [0.29, 0.717) is 12.2 Å². The number of likely N-dealkylation sites (tertiary alicyclic amines) is 1. The highest BCUT2D eigenvalue weighted by Gasteiger charge is 2.50. The predicted octanol–water partition coefficient (Wildman–Crippen LogP) is 4.27. The summed E-state index contributed by atoms with van der Waals surface area (Å²) in [6, 6.07) is 6.31. The van der Waals surface area contributed by atoms with Gasteiger partial charge in [-0.2, -0.15) is 0 Å². The largest absolute Gasteiger partial charge is 0.530 e. The molecule has 0 saturated carbocycles. The van der Waals surface area contributed by atoms with Gasteiger partial charge in [0.15, 0.2) is 11.5 Å². The van der Waals surface area contributed by atoms with Crippen molar-refractivity contribution in [3.05, 3.63) is 35.6 Å². The van der Waals surface area contributed by atoms with Crippen molar-refractivity contribution >= 4 is 7.82 Å². The molecular weight excluding hydrogens is 393 g/mol. The zero-order valence-corrected chi connectivity index (χ0v) is 18.6. The molecule has 1 aromatic rings. The van der Waals surface area contributed by atoms with E-state index in [2.05, 4.69) is 30.2 Å². The topological polar surface area (TPSA) is 66.5 Å². The highest BCUT2D eigenvalue weighted by atomic mass is 31.2. The Labute approximate surface area is 172 Å². The van der Waals surface area contributed by atoms with E-state index in [4.69, 9.17) is 23.0 Å². The van der Waals surface area contributed by atoms with Gasteiger partial charge in [-0.05, 0) is 64.1 Å². The molecule has 2 fully saturated rings. The molecule has 0 radical (unpaired) electrons. The van der Waals surface area contributed by atoms with E-state index < -0.39 is 7.82 Å². The van der Waals surface area contributed by atoms with E-state index in [1.165, 1.54) is 5.56 Å². The van der Waals surface area contributed by atoms with Gasteiger partial charge in [0.2, 0.25) is 0 Å². The van der Waals surface area contributed by atoms with E-state index in [1.54, 1.807) is 14.2 Å². The van der Waals surface area contributed by atoms with Crippen LogP contribution in [0.4, 0.5) is 0 Å². The maximum absolute atomic E-state index is 12.8. The first-order valence-corrected chi connectivity index (χ1v) is 11.6. The summed E-state index contributed by atoms with van der Waals surface area (Å²) < 4.78 is 40.6. The van der Waals surface area contributed by atoms with Gasteiger partial charge >= 0.3 is 7.82 Å². The van der Waals surface area contributed by atoms with Crippen LogP contribution in [-0.4, -0.2) is 51.0 Å². The number of hydrogen-bond acceptors (Lipinski definition) is 7. The standard InChI is InChI=1S/C21H30NO6P/c1-14-15(2)27-29(23,26-14)28-17-8-9-21(10-11-22(3)20(21)13-17)16-6-7-18(24-4)19(12-16)25-5/h6-7,12-15,20H,8-11H2,1-5H3/t14?,15?,20-,21-,29?/m0/s1. The summed E-state index contributed by atoms with van der Waals surface area (Å²) in [7, 11) is 1.87. The van der Waals surface area contributed by atoms with Crippen LogP contribution in [0.1, 0.15) is 38.7 Å². The molecule has 0 amide bonds. The fourth-order valence-corrected chi connectivity index (χ4v) is 6.45. The van der Waals surface area contributed by atoms with Gasteiger partial charge in [-0.3, -0.25) is 13.9 Å². The molecule has 1 aromatic carbocycles. The maximum atomic E-state index is 12.8. The predicted molar refractivity (Wildman–Crippen MR) is 109 cm³/mol. The molecule has 0 N–H and O–H groups in total. The summed E-state index contributed by atoms with van der Waals surface area (Å²) in [5, 5.41) is 0. The Kier molecular flexibility index (Phi) is 5.45. The quantitative estimate of drug-likeness (QED) is 0.655. The fraction of sp³-hybridized carbons (Fsp3) is 0.619. The van der Waals surface area contributed by atoms with Crippen molar-refractivity contribution in [2.24, 2.45) is 0 Å². The minimum atomic E-state index is -3.55. The highest BCUT2D eigenvalue weighted by Crippen LogP contribution is 2.60. The first-order valence-electron chi connectivity index (χ1n) is 10.1. The van der Waals surface area contributed by atoms with E-state index in [0.717, 1.165) is 30.9 Å². The van der Waals surface area contributed by atoms with E-state index in [-0.39, 0.29) is 23.7 Å². The number of fused-ring (bicyclic) bond motifs is 1. The number of methoxy groups -OCH3 is 2. The van der Waals surface area contributed by atoms with E-state index in [9.17, 15) is 4.57 Å². The number of nitrogens with zero attached hydrogens (tertiary/aromatic N) is 1. The average molecular weight is 423 g/mol. The van der Waals surface area contributed by atoms with Gasteiger partial charge in [0.1, 0.15) is 5.76 Å². The van der Waals surface area contributed by atoms with Crippen molar-refractivity contribution in [1.29, 1.82) is 0 Å². The van der Waals surface area contributed by atoms with Crippen molar-refractivity contribution in [3.8, 4) is 11.5 Å². The molecule has 2 saturated heterocycles. The van der Waals surface area contributed by atoms with Gasteiger partial charge in [0.05, 0.1) is 26.4 Å². The fourth-order valence-electron chi connectivity index (χ4n) is 4.72. The number of allylic oxidation sites excluding steroid dienone is 1. The molecular formula is C21H30NO6P. The Hall–Kier alpha value is -1.53. The molecule has 0 bridgehead atoms. The van der Waals surface area contributed by atoms with Crippen LogP contribution in [0.25, 0.3) is 0 Å². The maximum Gasteiger partial charge on any atom is 0.530 e. The monoisotopic (exact) mass is 423 g/mol. The summed E-state index contributed by atoms with van der Waals surface area (Å²) >= 11 is 0. The number of phosphoric acid groups is 1. The SMILES string of the molecule is COc1ccc([C@@]23CCC(OP4(=O)OC(C)C(C)O4)=C[C@@H]2N(C)CC3)cc1OC. The summed E-state index contributed by atoms with van der Waals surface area (Å²) in [6.07, 6.45) is 4.20. The van der Waals surface area contributed by atoms with Crippen LogP contribution in [0, 0.1) is 0 Å². The first-order chi connectivity index (χ1) is 13.8. The molecule has 160 valence electrons. The second kappa shape index (κ2) is 7.62. The van der Waals surface area contributed by atoms with Crippen LogP contribution in [0.2, 0.25) is 0 Å².